The smallest absolute Gasteiger partial charge is 0.338 e. The number of ether oxygens (including phenoxy) is 1. The number of aromatic nitrogens is 2. The van der Waals surface area contributed by atoms with Gasteiger partial charge in [-0.2, -0.15) is 0 Å². The summed E-state index contributed by atoms with van der Waals surface area (Å²) in [4.78, 5) is 25.9. The molecule has 32 heavy (non-hydrogen) atoms. The molecule has 0 fully saturated rings. The molecule has 0 aliphatic rings. The van der Waals surface area contributed by atoms with Crippen molar-refractivity contribution in [3.05, 3.63) is 83.8 Å². The molecule has 2 heterocycles. The van der Waals surface area contributed by atoms with Gasteiger partial charge in [0.1, 0.15) is 5.76 Å². The van der Waals surface area contributed by atoms with E-state index in [1.807, 2.05) is 31.2 Å². The third-order valence-corrected chi connectivity index (χ3v) is 4.89. The normalized spacial score (nSPS) is 10.7. The van der Waals surface area contributed by atoms with Crippen LogP contribution in [0.15, 0.2) is 75.8 Å². The lowest BCUT2D eigenvalue weighted by Gasteiger charge is -2.15. The monoisotopic (exact) mass is 431 g/mol. The Morgan fingerprint density at radius 1 is 0.969 bits per heavy atom. The second kappa shape index (κ2) is 9.30. The predicted molar refractivity (Wildman–Crippen MR) is 115 cm³/mol. The van der Waals surface area contributed by atoms with Crippen LogP contribution in [0.4, 0.5) is 0 Å². The molecule has 4 rings (SSSR count). The molecular weight excluding hydrogens is 410 g/mol. The highest BCUT2D eigenvalue weighted by Crippen LogP contribution is 2.26. The highest BCUT2D eigenvalue weighted by atomic mass is 16.5. The fraction of sp³-hybridized carbons (Fsp3) is 0.167. The number of furan rings is 1. The molecule has 0 unspecified atom stereocenters. The maximum absolute atomic E-state index is 12.3. The van der Waals surface area contributed by atoms with Gasteiger partial charge in [-0.25, -0.2) is 4.79 Å². The zero-order valence-corrected chi connectivity index (χ0v) is 17.6. The number of likely N-dealkylation sites (N-methyl/N-ethyl adjacent to an activating group) is 1. The molecule has 0 saturated heterocycles. The summed E-state index contributed by atoms with van der Waals surface area (Å²) >= 11 is 0. The lowest BCUT2D eigenvalue weighted by molar-refractivity contribution is -0.133. The lowest BCUT2D eigenvalue weighted by atomic mass is 10.1. The van der Waals surface area contributed by atoms with E-state index in [9.17, 15) is 9.59 Å². The highest BCUT2D eigenvalue weighted by Gasteiger charge is 2.16. The number of hydrogen-bond acceptors (Lipinski definition) is 7. The van der Waals surface area contributed by atoms with Crippen molar-refractivity contribution >= 4 is 11.9 Å². The van der Waals surface area contributed by atoms with Crippen molar-refractivity contribution in [2.24, 2.45) is 0 Å². The Hall–Kier alpha value is -4.20. The zero-order valence-electron chi connectivity index (χ0n) is 17.6. The molecule has 8 nitrogen and oxygen atoms in total. The Bertz CT molecular complexity index is 1210. The van der Waals surface area contributed by atoms with Crippen molar-refractivity contribution in [1.29, 1.82) is 0 Å². The minimum absolute atomic E-state index is 0.298. The summed E-state index contributed by atoms with van der Waals surface area (Å²) in [5, 5.41) is 8.21. The van der Waals surface area contributed by atoms with Gasteiger partial charge in [0.15, 0.2) is 6.61 Å². The number of amides is 1. The van der Waals surface area contributed by atoms with Gasteiger partial charge in [0.05, 0.1) is 18.4 Å². The Morgan fingerprint density at radius 3 is 2.44 bits per heavy atom. The molecule has 1 amide bonds. The van der Waals surface area contributed by atoms with E-state index in [0.717, 1.165) is 11.1 Å². The van der Waals surface area contributed by atoms with E-state index in [4.69, 9.17) is 13.6 Å². The van der Waals surface area contributed by atoms with Gasteiger partial charge in [-0.3, -0.25) is 4.79 Å². The van der Waals surface area contributed by atoms with Crippen LogP contribution in [0, 0.1) is 6.92 Å². The zero-order chi connectivity index (χ0) is 22.5. The Balaban J connectivity index is 1.36. The van der Waals surface area contributed by atoms with Crippen LogP contribution in [0.5, 0.6) is 0 Å². The first-order chi connectivity index (χ1) is 15.5. The molecule has 0 spiro atoms. The molecule has 162 valence electrons. The average molecular weight is 431 g/mol. The molecule has 0 N–H and O–H groups in total. The first kappa shape index (κ1) is 21.0. The van der Waals surface area contributed by atoms with Crippen molar-refractivity contribution in [3.8, 4) is 22.9 Å². The van der Waals surface area contributed by atoms with Crippen molar-refractivity contribution in [2.75, 3.05) is 13.7 Å². The van der Waals surface area contributed by atoms with Gasteiger partial charge in [0.2, 0.25) is 11.8 Å². The summed E-state index contributed by atoms with van der Waals surface area (Å²) < 4.78 is 16.1. The number of aryl methyl sites for hydroxylation is 1. The van der Waals surface area contributed by atoms with Crippen LogP contribution in [0.1, 0.15) is 21.7 Å². The number of benzene rings is 2. The van der Waals surface area contributed by atoms with Crippen LogP contribution in [0.2, 0.25) is 0 Å². The summed E-state index contributed by atoms with van der Waals surface area (Å²) in [5.74, 6) is 0.495. The number of rotatable bonds is 7. The molecule has 0 bridgehead atoms. The van der Waals surface area contributed by atoms with Crippen LogP contribution in [-0.2, 0) is 16.1 Å². The van der Waals surface area contributed by atoms with Crippen molar-refractivity contribution in [3.63, 3.8) is 0 Å². The van der Waals surface area contributed by atoms with E-state index >= 15 is 0 Å². The standard InChI is InChI=1S/C24H21N3O5/c1-16-6-3-4-8-20(16)23-26-25-22(32-23)17-9-11-18(12-10-17)24(29)31-15-21(28)27(2)14-19-7-5-13-30-19/h3-13H,14-15H2,1-2H3. The highest BCUT2D eigenvalue weighted by molar-refractivity contribution is 5.91. The lowest BCUT2D eigenvalue weighted by Crippen LogP contribution is -2.30. The SMILES string of the molecule is Cc1ccccc1-c1nnc(-c2ccc(C(=O)OCC(=O)N(C)Cc3ccco3)cc2)o1. The fourth-order valence-corrected chi connectivity index (χ4v) is 3.06. The van der Waals surface area contributed by atoms with Gasteiger partial charge < -0.3 is 18.5 Å². The van der Waals surface area contributed by atoms with E-state index in [1.165, 1.54) is 11.2 Å². The number of nitrogens with zero attached hydrogens (tertiary/aromatic N) is 3. The molecule has 2 aromatic heterocycles. The van der Waals surface area contributed by atoms with Crippen LogP contribution in [0.3, 0.4) is 0 Å². The van der Waals surface area contributed by atoms with Gasteiger partial charge in [0.25, 0.3) is 5.91 Å². The van der Waals surface area contributed by atoms with E-state index in [2.05, 4.69) is 10.2 Å². The molecule has 8 heteroatoms. The average Bonchev–Trinajstić information content (AvgIpc) is 3.50. The number of hydrogen-bond donors (Lipinski definition) is 0. The molecular formula is C24H21N3O5. The van der Waals surface area contributed by atoms with E-state index in [1.54, 1.807) is 43.4 Å². The number of carbonyl (C=O) groups is 2. The molecule has 0 saturated carbocycles. The summed E-state index contributed by atoms with van der Waals surface area (Å²) in [7, 11) is 1.61. The van der Waals surface area contributed by atoms with Crippen LogP contribution in [0.25, 0.3) is 22.9 Å². The molecule has 0 radical (unpaired) electrons. The van der Waals surface area contributed by atoms with E-state index in [-0.39, 0.29) is 12.5 Å². The first-order valence-corrected chi connectivity index (χ1v) is 9.94. The maximum atomic E-state index is 12.3. The van der Waals surface area contributed by atoms with Gasteiger partial charge in [0, 0.05) is 18.2 Å². The Morgan fingerprint density at radius 2 is 1.72 bits per heavy atom. The van der Waals surface area contributed by atoms with Crippen LogP contribution < -0.4 is 0 Å². The second-order valence-corrected chi connectivity index (χ2v) is 7.21. The third kappa shape index (κ3) is 4.75. The summed E-state index contributed by atoms with van der Waals surface area (Å²) in [5.41, 5.74) is 2.88. The topological polar surface area (TPSA) is 98.7 Å². The Labute approximate surface area is 184 Å². The van der Waals surface area contributed by atoms with Crippen LogP contribution in [-0.4, -0.2) is 40.6 Å². The maximum Gasteiger partial charge on any atom is 0.338 e. The minimum atomic E-state index is -0.595. The number of esters is 1. The first-order valence-electron chi connectivity index (χ1n) is 9.94. The van der Waals surface area contributed by atoms with Crippen molar-refractivity contribution in [1.82, 2.24) is 15.1 Å². The van der Waals surface area contributed by atoms with Crippen molar-refractivity contribution in [2.45, 2.75) is 13.5 Å². The predicted octanol–water partition coefficient (Wildman–Crippen LogP) is 4.12. The summed E-state index contributed by atoms with van der Waals surface area (Å²) in [6, 6.07) is 17.8. The summed E-state index contributed by atoms with van der Waals surface area (Å²) in [6.45, 7) is 1.91. The Kier molecular flexibility index (Phi) is 6.12. The van der Waals surface area contributed by atoms with Gasteiger partial charge in [-0.1, -0.05) is 18.2 Å². The number of carbonyl (C=O) groups excluding carboxylic acids is 2. The van der Waals surface area contributed by atoms with E-state index in [0.29, 0.717) is 35.2 Å². The van der Waals surface area contributed by atoms with Gasteiger partial charge in [-0.15, -0.1) is 10.2 Å². The molecule has 4 aromatic rings. The largest absolute Gasteiger partial charge is 0.467 e. The minimum Gasteiger partial charge on any atom is -0.467 e. The van der Waals surface area contributed by atoms with E-state index < -0.39 is 5.97 Å². The summed E-state index contributed by atoms with van der Waals surface area (Å²) in [6.07, 6.45) is 1.54. The fourth-order valence-electron chi connectivity index (χ4n) is 3.06. The van der Waals surface area contributed by atoms with Crippen molar-refractivity contribution < 1.29 is 23.2 Å². The second-order valence-electron chi connectivity index (χ2n) is 7.21. The van der Waals surface area contributed by atoms with Gasteiger partial charge in [-0.05, 0) is 55.0 Å². The molecule has 0 atom stereocenters. The third-order valence-electron chi connectivity index (χ3n) is 4.89. The van der Waals surface area contributed by atoms with Gasteiger partial charge >= 0.3 is 5.97 Å². The molecule has 0 aliphatic carbocycles. The molecule has 0 aliphatic heterocycles. The van der Waals surface area contributed by atoms with Crippen LogP contribution >= 0.6 is 0 Å². The molecule has 2 aromatic carbocycles. The quantitative estimate of drug-likeness (QED) is 0.406.